The fourth-order valence-corrected chi connectivity index (χ4v) is 3.10. The van der Waals surface area contributed by atoms with Gasteiger partial charge in [-0.25, -0.2) is 4.98 Å². The van der Waals surface area contributed by atoms with Crippen LogP contribution in [0, 0.1) is 12.8 Å². The van der Waals surface area contributed by atoms with Gasteiger partial charge in [0, 0.05) is 12.6 Å². The van der Waals surface area contributed by atoms with Gasteiger partial charge in [0.2, 0.25) is 0 Å². The number of carboxylic acids is 1. The number of likely N-dealkylation sites (tertiary alicyclic amines) is 1. The summed E-state index contributed by atoms with van der Waals surface area (Å²) in [7, 11) is 0. The lowest BCUT2D eigenvalue weighted by Crippen LogP contribution is -2.48. The van der Waals surface area contributed by atoms with E-state index >= 15 is 0 Å². The van der Waals surface area contributed by atoms with Gasteiger partial charge < -0.3 is 10.0 Å². The minimum absolute atomic E-state index is 0.0981. The Kier molecular flexibility index (Phi) is 3.65. The molecule has 2 rings (SSSR count). The molecule has 0 aliphatic carbocycles. The molecule has 2 heterocycles. The maximum atomic E-state index is 12.3. The summed E-state index contributed by atoms with van der Waals surface area (Å²) in [6.45, 7) is 4.28. The van der Waals surface area contributed by atoms with Gasteiger partial charge in [-0.1, -0.05) is 0 Å². The third-order valence-corrected chi connectivity index (χ3v) is 4.30. The number of hydrogen-bond donors (Lipinski definition) is 1. The molecule has 0 radical (unpaired) electrons. The smallest absolute Gasteiger partial charge is 0.308 e. The zero-order chi connectivity index (χ0) is 13.3. The molecule has 1 aromatic rings. The van der Waals surface area contributed by atoms with E-state index in [-0.39, 0.29) is 11.9 Å². The van der Waals surface area contributed by atoms with Crippen molar-refractivity contribution in [3.63, 3.8) is 0 Å². The molecule has 1 fully saturated rings. The lowest BCUT2D eigenvalue weighted by atomic mass is 9.90. The average Bonchev–Trinajstić information content (AvgIpc) is 2.75. The number of thiazole rings is 1. The number of carboxylic acid groups (broad SMARTS) is 1. The Hall–Kier alpha value is -1.43. The quantitative estimate of drug-likeness (QED) is 0.887. The Morgan fingerprint density at radius 3 is 2.83 bits per heavy atom. The summed E-state index contributed by atoms with van der Waals surface area (Å²) < 4.78 is 0. The summed E-state index contributed by atoms with van der Waals surface area (Å²) in [6, 6.07) is -0.258. The van der Waals surface area contributed by atoms with Gasteiger partial charge >= 0.3 is 5.97 Å². The topological polar surface area (TPSA) is 70.5 Å². The molecule has 1 N–H and O–H groups in total. The van der Waals surface area contributed by atoms with E-state index in [9.17, 15) is 9.59 Å². The number of rotatable bonds is 2. The van der Waals surface area contributed by atoms with Crippen LogP contribution in [0.2, 0.25) is 0 Å². The second-order valence-electron chi connectivity index (χ2n) is 4.57. The summed E-state index contributed by atoms with van der Waals surface area (Å²) >= 11 is 1.35. The molecule has 18 heavy (non-hydrogen) atoms. The van der Waals surface area contributed by atoms with E-state index in [1.807, 2.05) is 13.8 Å². The SMILES string of the molecule is Cc1ncc(C(=O)N2CCC[C@@H](C(=O)O)[C@H]2C)s1. The maximum Gasteiger partial charge on any atom is 0.308 e. The molecule has 98 valence electrons. The Bertz CT molecular complexity index is 472. The molecule has 0 aromatic carbocycles. The maximum absolute atomic E-state index is 12.3. The predicted molar refractivity (Wildman–Crippen MR) is 67.7 cm³/mol. The first-order chi connectivity index (χ1) is 8.50. The molecule has 0 spiro atoms. The standard InChI is InChI=1S/C12H16N2O3S/c1-7-9(12(16)17)4-3-5-14(7)11(15)10-6-13-8(2)18-10/h6-7,9H,3-5H2,1-2H3,(H,16,17)/t7-,9-/m1/s1. The average molecular weight is 268 g/mol. The van der Waals surface area contributed by atoms with E-state index in [0.717, 1.165) is 11.4 Å². The summed E-state index contributed by atoms with van der Waals surface area (Å²) in [5.74, 6) is -1.38. The highest BCUT2D eigenvalue weighted by Gasteiger charge is 2.36. The van der Waals surface area contributed by atoms with E-state index < -0.39 is 11.9 Å². The molecular formula is C12H16N2O3S. The van der Waals surface area contributed by atoms with Crippen molar-refractivity contribution in [3.05, 3.63) is 16.1 Å². The van der Waals surface area contributed by atoms with Crippen molar-refractivity contribution in [1.29, 1.82) is 0 Å². The second-order valence-corrected chi connectivity index (χ2v) is 5.80. The van der Waals surface area contributed by atoms with Gasteiger partial charge in [0.05, 0.1) is 17.1 Å². The Labute approximate surface area is 109 Å². The largest absolute Gasteiger partial charge is 0.481 e. The van der Waals surface area contributed by atoms with E-state index in [1.165, 1.54) is 11.3 Å². The number of hydrogen-bond acceptors (Lipinski definition) is 4. The number of aromatic nitrogens is 1. The Morgan fingerprint density at radius 1 is 1.56 bits per heavy atom. The number of nitrogens with zero attached hydrogens (tertiary/aromatic N) is 2. The highest BCUT2D eigenvalue weighted by Crippen LogP contribution is 2.26. The number of carbonyl (C=O) groups excluding carboxylic acids is 1. The zero-order valence-corrected chi connectivity index (χ0v) is 11.2. The fourth-order valence-electron chi connectivity index (χ4n) is 2.36. The molecule has 1 saturated heterocycles. The van der Waals surface area contributed by atoms with E-state index in [2.05, 4.69) is 4.98 Å². The summed E-state index contributed by atoms with van der Waals surface area (Å²) in [5, 5.41) is 9.98. The number of carbonyl (C=O) groups is 2. The number of aliphatic carboxylic acids is 1. The molecule has 1 aliphatic heterocycles. The van der Waals surface area contributed by atoms with Gasteiger partial charge in [-0.05, 0) is 26.7 Å². The molecule has 1 aromatic heterocycles. The number of piperidine rings is 1. The molecule has 0 bridgehead atoms. The van der Waals surface area contributed by atoms with Crippen molar-refractivity contribution in [2.24, 2.45) is 5.92 Å². The van der Waals surface area contributed by atoms with Gasteiger partial charge in [-0.2, -0.15) is 0 Å². The van der Waals surface area contributed by atoms with Crippen LogP contribution in [-0.2, 0) is 4.79 Å². The normalized spacial score (nSPS) is 24.0. The molecule has 1 aliphatic rings. The highest BCUT2D eigenvalue weighted by atomic mass is 32.1. The van der Waals surface area contributed by atoms with Crippen molar-refractivity contribution in [1.82, 2.24) is 9.88 Å². The Balaban J connectivity index is 2.17. The molecule has 6 heteroatoms. The number of amides is 1. The van der Waals surface area contributed by atoms with Crippen molar-refractivity contribution < 1.29 is 14.7 Å². The van der Waals surface area contributed by atoms with Gasteiger partial charge in [0.15, 0.2) is 0 Å². The van der Waals surface area contributed by atoms with E-state index in [4.69, 9.17) is 5.11 Å². The van der Waals surface area contributed by atoms with Crippen molar-refractivity contribution in [3.8, 4) is 0 Å². The lowest BCUT2D eigenvalue weighted by molar-refractivity contribution is -0.144. The van der Waals surface area contributed by atoms with Crippen LogP contribution in [0.1, 0.15) is 34.4 Å². The minimum atomic E-state index is -0.819. The lowest BCUT2D eigenvalue weighted by Gasteiger charge is -2.37. The Morgan fingerprint density at radius 2 is 2.28 bits per heavy atom. The van der Waals surface area contributed by atoms with E-state index in [1.54, 1.807) is 11.1 Å². The molecule has 0 saturated carbocycles. The van der Waals surface area contributed by atoms with E-state index in [0.29, 0.717) is 17.8 Å². The van der Waals surface area contributed by atoms with Gasteiger partial charge in [0.1, 0.15) is 4.88 Å². The summed E-state index contributed by atoms with van der Waals surface area (Å²) in [6.07, 6.45) is 2.95. The fraction of sp³-hybridized carbons (Fsp3) is 0.583. The first-order valence-electron chi connectivity index (χ1n) is 5.97. The molecule has 2 atom stereocenters. The highest BCUT2D eigenvalue weighted by molar-refractivity contribution is 7.13. The van der Waals surface area contributed by atoms with Gasteiger partial charge in [0.25, 0.3) is 5.91 Å². The minimum Gasteiger partial charge on any atom is -0.481 e. The van der Waals surface area contributed by atoms with Crippen LogP contribution in [0.4, 0.5) is 0 Å². The first kappa shape index (κ1) is 13.0. The van der Waals surface area contributed by atoms with Crippen LogP contribution in [0.15, 0.2) is 6.20 Å². The van der Waals surface area contributed by atoms with Gasteiger partial charge in [-0.3, -0.25) is 9.59 Å². The monoisotopic (exact) mass is 268 g/mol. The molecule has 5 nitrogen and oxygen atoms in total. The van der Waals surface area contributed by atoms with Crippen LogP contribution in [0.3, 0.4) is 0 Å². The third-order valence-electron chi connectivity index (χ3n) is 3.40. The first-order valence-corrected chi connectivity index (χ1v) is 6.78. The summed E-state index contributed by atoms with van der Waals surface area (Å²) in [5.41, 5.74) is 0. The van der Waals surface area contributed by atoms with Crippen molar-refractivity contribution in [2.75, 3.05) is 6.54 Å². The predicted octanol–water partition coefficient (Wildman–Crippen LogP) is 1.78. The van der Waals surface area contributed by atoms with Crippen LogP contribution < -0.4 is 0 Å². The van der Waals surface area contributed by atoms with Crippen LogP contribution in [0.5, 0.6) is 0 Å². The molecule has 1 amide bonds. The van der Waals surface area contributed by atoms with Gasteiger partial charge in [-0.15, -0.1) is 11.3 Å². The molecule has 0 unspecified atom stereocenters. The van der Waals surface area contributed by atoms with Crippen LogP contribution >= 0.6 is 11.3 Å². The van der Waals surface area contributed by atoms with Crippen molar-refractivity contribution in [2.45, 2.75) is 32.7 Å². The second kappa shape index (κ2) is 5.06. The zero-order valence-electron chi connectivity index (χ0n) is 10.4. The van der Waals surface area contributed by atoms with Crippen molar-refractivity contribution >= 4 is 23.2 Å². The van der Waals surface area contributed by atoms with Crippen LogP contribution in [0.25, 0.3) is 0 Å². The molecular weight excluding hydrogens is 252 g/mol. The number of aryl methyl sites for hydroxylation is 1. The third kappa shape index (κ3) is 2.38. The summed E-state index contributed by atoms with van der Waals surface area (Å²) in [4.78, 5) is 29.7. The van der Waals surface area contributed by atoms with Crippen LogP contribution in [-0.4, -0.2) is 39.5 Å².